The second kappa shape index (κ2) is 9.19. The van der Waals surface area contributed by atoms with Crippen molar-refractivity contribution < 1.29 is 39.8 Å². The minimum absolute atomic E-state index is 0.0628. The fourth-order valence-corrected chi connectivity index (χ4v) is 2.78. The van der Waals surface area contributed by atoms with Gasteiger partial charge in [-0.3, -0.25) is 4.79 Å². The molecule has 0 aromatic heterocycles. The maximum Gasteiger partial charge on any atom is 0.257 e. The van der Waals surface area contributed by atoms with Gasteiger partial charge >= 0.3 is 0 Å². The van der Waals surface area contributed by atoms with E-state index in [1.807, 2.05) is 0 Å². The Kier molecular flexibility index (Phi) is 7.75. The van der Waals surface area contributed by atoms with Crippen molar-refractivity contribution in [2.45, 2.75) is 6.42 Å². The van der Waals surface area contributed by atoms with Crippen LogP contribution in [0, 0.1) is 23.3 Å². The van der Waals surface area contributed by atoms with Crippen LogP contribution in [0.4, 0.5) is 23.2 Å². The smallest absolute Gasteiger partial charge is 0.257 e. The van der Waals surface area contributed by atoms with Crippen molar-refractivity contribution in [2.24, 2.45) is 5.11 Å². The van der Waals surface area contributed by atoms with E-state index in [0.29, 0.717) is 0 Å². The van der Waals surface area contributed by atoms with Crippen molar-refractivity contribution in [2.75, 3.05) is 39.5 Å². The van der Waals surface area contributed by atoms with Gasteiger partial charge in [0.05, 0.1) is 43.8 Å². The maximum absolute atomic E-state index is 13.9. The molecule has 9 nitrogen and oxygen atoms in total. The fraction of sp³-hybridized carbons (Fsp3) is 0.500. The first-order valence-electron chi connectivity index (χ1n) is 7.75. The number of hydrogen-bond acceptors (Lipinski definition) is 5. The summed E-state index contributed by atoms with van der Waals surface area (Å²) in [4.78, 5) is 14.0. The third-order valence-electron chi connectivity index (χ3n) is 3.77. The van der Waals surface area contributed by atoms with Gasteiger partial charge in [-0.15, -0.1) is 0 Å². The monoisotopic (exact) mass is 427 g/mol. The number of amides is 1. The minimum Gasteiger partial charge on any atom is -0.748 e. The number of carbonyl (C=O) groups excluding carboxylic acids is 1. The fourth-order valence-electron chi connectivity index (χ4n) is 2.29. The third kappa shape index (κ3) is 6.34. The van der Waals surface area contributed by atoms with Crippen molar-refractivity contribution in [3.8, 4) is 0 Å². The number of benzene rings is 1. The van der Waals surface area contributed by atoms with Crippen molar-refractivity contribution in [1.29, 1.82) is 0 Å². The van der Waals surface area contributed by atoms with Crippen LogP contribution in [0.5, 0.6) is 0 Å². The van der Waals surface area contributed by atoms with E-state index in [1.165, 1.54) is 0 Å². The van der Waals surface area contributed by atoms with Crippen molar-refractivity contribution in [1.82, 2.24) is 5.32 Å². The zero-order chi connectivity index (χ0) is 21.7. The zero-order valence-electron chi connectivity index (χ0n) is 14.9. The van der Waals surface area contributed by atoms with Gasteiger partial charge in [0.1, 0.15) is 11.3 Å². The average Bonchev–Trinajstić information content (AvgIpc) is 2.55. The second-order valence-electron chi connectivity index (χ2n) is 6.42. The van der Waals surface area contributed by atoms with Gasteiger partial charge in [-0.2, -0.15) is 0 Å². The van der Waals surface area contributed by atoms with Crippen LogP contribution in [0.15, 0.2) is 5.11 Å². The molecule has 1 rings (SSSR count). The normalized spacial score (nSPS) is 11.8. The van der Waals surface area contributed by atoms with Gasteiger partial charge in [0.25, 0.3) is 5.91 Å². The molecule has 0 aliphatic rings. The SMILES string of the molecule is C[N+](C)(CCCS(=O)(=O)[O-])CCNC(=O)c1c(F)c(F)c(N=[N+]=[N-])c(F)c1F. The number of halogens is 4. The Morgan fingerprint density at radius 3 is 2.14 bits per heavy atom. The maximum atomic E-state index is 13.9. The molecular formula is C14H17F4N5O4S. The highest BCUT2D eigenvalue weighted by molar-refractivity contribution is 7.85. The highest BCUT2D eigenvalue weighted by Gasteiger charge is 2.29. The molecule has 0 saturated heterocycles. The molecule has 1 amide bonds. The molecule has 0 spiro atoms. The van der Waals surface area contributed by atoms with Crippen LogP contribution in [0.3, 0.4) is 0 Å². The Hall–Kier alpha value is -2.41. The number of nitrogens with one attached hydrogen (secondary N) is 1. The number of rotatable bonds is 9. The summed E-state index contributed by atoms with van der Waals surface area (Å²) in [5.41, 5.74) is 5.14. The van der Waals surface area contributed by atoms with Gasteiger partial charge in [0.15, 0.2) is 23.3 Å². The average molecular weight is 427 g/mol. The van der Waals surface area contributed by atoms with Gasteiger partial charge in [-0.25, -0.2) is 26.0 Å². The van der Waals surface area contributed by atoms with Gasteiger partial charge < -0.3 is 14.4 Å². The van der Waals surface area contributed by atoms with Gasteiger partial charge in [0, 0.05) is 17.1 Å². The summed E-state index contributed by atoms with van der Waals surface area (Å²) in [5, 5.41) is 4.62. The Bertz CT molecular complexity index is 888. The van der Waals surface area contributed by atoms with Gasteiger partial charge in [-0.1, -0.05) is 5.11 Å². The largest absolute Gasteiger partial charge is 0.748 e. The molecule has 1 aromatic carbocycles. The van der Waals surface area contributed by atoms with E-state index in [2.05, 4.69) is 15.3 Å². The van der Waals surface area contributed by atoms with Gasteiger partial charge in [-0.05, 0) is 5.53 Å². The lowest BCUT2D eigenvalue weighted by molar-refractivity contribution is -0.889. The molecule has 28 heavy (non-hydrogen) atoms. The summed E-state index contributed by atoms with van der Waals surface area (Å²) in [6.07, 6.45) is 0.0628. The number of carbonyl (C=O) groups is 1. The van der Waals surface area contributed by atoms with Crippen LogP contribution in [0.2, 0.25) is 0 Å². The van der Waals surface area contributed by atoms with Gasteiger partial charge in [0.2, 0.25) is 0 Å². The second-order valence-corrected chi connectivity index (χ2v) is 7.95. The number of hydrogen-bond donors (Lipinski definition) is 1. The van der Waals surface area contributed by atoms with Crippen LogP contribution in [-0.4, -0.2) is 62.8 Å². The predicted octanol–water partition coefficient (Wildman–Crippen LogP) is 1.93. The lowest BCUT2D eigenvalue weighted by Gasteiger charge is -2.30. The number of quaternary nitrogens is 1. The van der Waals surface area contributed by atoms with E-state index in [0.717, 1.165) is 0 Å². The molecule has 1 N–H and O–H groups in total. The first-order valence-corrected chi connectivity index (χ1v) is 9.33. The zero-order valence-corrected chi connectivity index (χ0v) is 15.7. The molecule has 0 radical (unpaired) electrons. The molecule has 0 aliphatic heterocycles. The molecule has 0 atom stereocenters. The van der Waals surface area contributed by atoms with E-state index in [9.17, 15) is 35.3 Å². The summed E-state index contributed by atoms with van der Waals surface area (Å²) in [6.45, 7) is 0.246. The molecule has 0 saturated carbocycles. The van der Waals surface area contributed by atoms with E-state index in [1.54, 1.807) is 14.1 Å². The summed E-state index contributed by atoms with van der Waals surface area (Å²) < 4.78 is 87.1. The van der Waals surface area contributed by atoms with Crippen LogP contribution in [0.1, 0.15) is 16.8 Å². The first kappa shape index (κ1) is 23.6. The van der Waals surface area contributed by atoms with Crippen LogP contribution in [0.25, 0.3) is 10.4 Å². The van der Waals surface area contributed by atoms with Crippen molar-refractivity contribution >= 4 is 21.7 Å². The lowest BCUT2D eigenvalue weighted by Crippen LogP contribution is -2.46. The molecule has 1 aromatic rings. The molecule has 14 heteroatoms. The van der Waals surface area contributed by atoms with E-state index in [4.69, 9.17) is 5.53 Å². The Balaban J connectivity index is 2.83. The third-order valence-corrected chi connectivity index (χ3v) is 4.56. The summed E-state index contributed by atoms with van der Waals surface area (Å²) >= 11 is 0. The van der Waals surface area contributed by atoms with Crippen molar-refractivity contribution in [3.63, 3.8) is 0 Å². The summed E-state index contributed by atoms with van der Waals surface area (Å²) in [7, 11) is -1.05. The van der Waals surface area contributed by atoms with E-state index < -0.39 is 56.3 Å². The topological polar surface area (TPSA) is 135 Å². The molecule has 0 fully saturated rings. The number of likely N-dealkylation sites (N-methyl/N-ethyl adjacent to an activating group) is 1. The number of azide groups is 1. The Labute approximate surface area is 157 Å². The highest BCUT2D eigenvalue weighted by atomic mass is 32.2. The Morgan fingerprint density at radius 1 is 1.14 bits per heavy atom. The van der Waals surface area contributed by atoms with Crippen molar-refractivity contribution in [3.05, 3.63) is 39.3 Å². The highest BCUT2D eigenvalue weighted by Crippen LogP contribution is 2.30. The number of nitrogens with zero attached hydrogens (tertiary/aromatic N) is 4. The summed E-state index contributed by atoms with van der Waals surface area (Å²) in [5.74, 6) is -10.0. The molecule has 0 bridgehead atoms. The lowest BCUT2D eigenvalue weighted by atomic mass is 10.1. The first-order chi connectivity index (χ1) is 12.8. The van der Waals surface area contributed by atoms with Crippen LogP contribution >= 0.6 is 0 Å². The minimum atomic E-state index is -4.36. The molecular weight excluding hydrogens is 410 g/mol. The molecule has 156 valence electrons. The summed E-state index contributed by atoms with van der Waals surface area (Å²) in [6, 6.07) is 0. The molecule has 0 unspecified atom stereocenters. The quantitative estimate of drug-likeness (QED) is 0.122. The van der Waals surface area contributed by atoms with E-state index >= 15 is 0 Å². The Morgan fingerprint density at radius 2 is 1.68 bits per heavy atom. The predicted molar refractivity (Wildman–Crippen MR) is 88.4 cm³/mol. The van der Waals surface area contributed by atoms with Crippen LogP contribution < -0.4 is 5.32 Å². The molecule has 0 heterocycles. The van der Waals surface area contributed by atoms with Crippen LogP contribution in [-0.2, 0) is 10.1 Å². The standard InChI is InChI=1S/C14H17F4N5O4S/c1-23(2,5-3-7-28(25,26)27)6-4-20-14(24)8-9(15)11(17)13(21-22-19)12(18)10(8)16/h3-7H2,1-2H3,(H-,20,24,25,26,27). The molecule has 0 aliphatic carbocycles. The van der Waals surface area contributed by atoms with E-state index in [-0.39, 0.29) is 30.5 Å².